The van der Waals surface area contributed by atoms with Crippen LogP contribution in [-0.4, -0.2) is 25.1 Å². The number of amides is 1. The third-order valence-corrected chi connectivity index (χ3v) is 2.96. The molecule has 3 N–H and O–H groups in total. The van der Waals surface area contributed by atoms with Crippen molar-refractivity contribution in [1.29, 1.82) is 0 Å². The Morgan fingerprint density at radius 1 is 1.47 bits per heavy atom. The Kier molecular flexibility index (Phi) is 6.05. The first-order valence-electron chi connectivity index (χ1n) is 6.06. The third kappa shape index (κ3) is 5.04. The molecule has 0 heterocycles. The van der Waals surface area contributed by atoms with Crippen molar-refractivity contribution in [2.45, 2.75) is 18.9 Å². The Morgan fingerprint density at radius 3 is 2.79 bits per heavy atom. The average molecular weight is 289 g/mol. The van der Waals surface area contributed by atoms with Gasteiger partial charge in [-0.1, -0.05) is 12.1 Å². The lowest BCUT2D eigenvalue weighted by molar-refractivity contribution is -0.123. The van der Waals surface area contributed by atoms with Crippen molar-refractivity contribution in [2.75, 3.05) is 13.2 Å². The molecule has 1 aliphatic rings. The van der Waals surface area contributed by atoms with Gasteiger partial charge in [0.25, 0.3) is 5.91 Å². The number of nitrogens with two attached hydrogens (primary N) is 1. The molecule has 0 aliphatic heterocycles. The van der Waals surface area contributed by atoms with Crippen LogP contribution in [0.25, 0.3) is 0 Å². The number of benzene rings is 1. The van der Waals surface area contributed by atoms with Crippen molar-refractivity contribution in [2.24, 2.45) is 11.7 Å². The number of para-hydroxylation sites is 1. The molecule has 0 saturated heterocycles. The molecule has 1 aromatic carbocycles. The number of hydrogen-bond acceptors (Lipinski definition) is 3. The van der Waals surface area contributed by atoms with Gasteiger partial charge in [-0.05, 0) is 30.9 Å². The Hall–Kier alpha value is -1.33. The molecule has 106 valence electrons. The van der Waals surface area contributed by atoms with Crippen LogP contribution < -0.4 is 15.8 Å². The van der Waals surface area contributed by atoms with E-state index in [1.54, 1.807) is 12.1 Å². The number of carbonyl (C=O) groups is 1. The Balaban J connectivity index is 0.00000180. The van der Waals surface area contributed by atoms with Gasteiger partial charge in [-0.3, -0.25) is 4.79 Å². The molecule has 1 amide bonds. The molecular weight excluding hydrogens is 271 g/mol. The summed E-state index contributed by atoms with van der Waals surface area (Å²) >= 11 is 0. The molecule has 1 saturated carbocycles. The van der Waals surface area contributed by atoms with Crippen LogP contribution in [-0.2, 0) is 4.79 Å². The summed E-state index contributed by atoms with van der Waals surface area (Å²) in [4.78, 5) is 11.5. The number of rotatable bonds is 6. The first-order valence-corrected chi connectivity index (χ1v) is 6.06. The van der Waals surface area contributed by atoms with Gasteiger partial charge in [0.15, 0.2) is 18.2 Å². The second-order valence-electron chi connectivity index (χ2n) is 4.52. The van der Waals surface area contributed by atoms with Crippen molar-refractivity contribution in [3.05, 3.63) is 30.1 Å². The van der Waals surface area contributed by atoms with Gasteiger partial charge in [-0.15, -0.1) is 12.4 Å². The van der Waals surface area contributed by atoms with E-state index in [2.05, 4.69) is 5.32 Å². The summed E-state index contributed by atoms with van der Waals surface area (Å²) in [6.45, 7) is 0.252. The van der Waals surface area contributed by atoms with E-state index in [0.717, 1.165) is 12.8 Å². The monoisotopic (exact) mass is 288 g/mol. The van der Waals surface area contributed by atoms with Gasteiger partial charge < -0.3 is 15.8 Å². The lowest BCUT2D eigenvalue weighted by Gasteiger charge is -2.12. The minimum Gasteiger partial charge on any atom is -0.481 e. The fraction of sp³-hybridized carbons (Fsp3) is 0.462. The summed E-state index contributed by atoms with van der Waals surface area (Å²) in [6.07, 6.45) is 2.28. The number of halogens is 2. The van der Waals surface area contributed by atoms with Gasteiger partial charge in [0.05, 0.1) is 0 Å². The molecule has 6 heteroatoms. The van der Waals surface area contributed by atoms with Crippen molar-refractivity contribution in [1.82, 2.24) is 5.32 Å². The van der Waals surface area contributed by atoms with Crippen LogP contribution in [0, 0.1) is 11.7 Å². The smallest absolute Gasteiger partial charge is 0.257 e. The number of carbonyl (C=O) groups excluding carboxylic acids is 1. The van der Waals surface area contributed by atoms with Crippen LogP contribution in [0.3, 0.4) is 0 Å². The zero-order valence-electron chi connectivity index (χ0n) is 10.5. The van der Waals surface area contributed by atoms with Crippen LogP contribution in [0.15, 0.2) is 24.3 Å². The van der Waals surface area contributed by atoms with Crippen molar-refractivity contribution in [3.63, 3.8) is 0 Å². The minimum atomic E-state index is -0.472. The SMILES string of the molecule is Cl.NC(CNC(=O)COc1ccccc1F)C1CC1. The molecule has 0 spiro atoms. The molecule has 2 rings (SSSR count). The first-order chi connectivity index (χ1) is 8.66. The second-order valence-corrected chi connectivity index (χ2v) is 4.52. The van der Waals surface area contributed by atoms with E-state index in [-0.39, 0.29) is 36.7 Å². The fourth-order valence-electron chi connectivity index (χ4n) is 1.68. The summed E-state index contributed by atoms with van der Waals surface area (Å²) in [7, 11) is 0. The predicted molar refractivity (Wildman–Crippen MR) is 72.9 cm³/mol. The summed E-state index contributed by atoms with van der Waals surface area (Å²) in [5.41, 5.74) is 5.84. The summed E-state index contributed by atoms with van der Waals surface area (Å²) < 4.78 is 18.3. The standard InChI is InChI=1S/C13H17FN2O2.ClH/c14-10-3-1-2-4-12(10)18-8-13(17)16-7-11(15)9-5-6-9;/h1-4,9,11H,5-8,15H2,(H,16,17);1H. The third-order valence-electron chi connectivity index (χ3n) is 2.96. The summed E-state index contributed by atoms with van der Waals surface area (Å²) in [5.74, 6) is -0.133. The van der Waals surface area contributed by atoms with Crippen LogP contribution >= 0.6 is 12.4 Å². The Labute approximate surface area is 117 Å². The number of nitrogens with one attached hydrogen (secondary N) is 1. The average Bonchev–Trinajstić information content (AvgIpc) is 3.19. The number of hydrogen-bond donors (Lipinski definition) is 2. The fourth-order valence-corrected chi connectivity index (χ4v) is 1.68. The molecule has 19 heavy (non-hydrogen) atoms. The van der Waals surface area contributed by atoms with Crippen LogP contribution in [0.4, 0.5) is 4.39 Å². The van der Waals surface area contributed by atoms with E-state index in [0.29, 0.717) is 12.5 Å². The lowest BCUT2D eigenvalue weighted by atomic mass is 10.2. The molecule has 1 fully saturated rings. The zero-order valence-corrected chi connectivity index (χ0v) is 11.3. The molecule has 0 radical (unpaired) electrons. The maximum absolute atomic E-state index is 13.2. The van der Waals surface area contributed by atoms with E-state index in [1.807, 2.05) is 0 Å². The minimum absolute atomic E-state index is 0. The predicted octanol–water partition coefficient (Wildman–Crippen LogP) is 1.48. The zero-order chi connectivity index (χ0) is 13.0. The highest BCUT2D eigenvalue weighted by atomic mass is 35.5. The normalized spacial score (nSPS) is 15.3. The van der Waals surface area contributed by atoms with E-state index >= 15 is 0 Å². The lowest BCUT2D eigenvalue weighted by Crippen LogP contribution is -2.40. The highest BCUT2D eigenvalue weighted by Gasteiger charge is 2.28. The van der Waals surface area contributed by atoms with Gasteiger partial charge in [-0.2, -0.15) is 0 Å². The highest BCUT2D eigenvalue weighted by molar-refractivity contribution is 5.85. The van der Waals surface area contributed by atoms with Gasteiger partial charge in [0.2, 0.25) is 0 Å². The largest absolute Gasteiger partial charge is 0.481 e. The molecule has 1 atom stereocenters. The van der Waals surface area contributed by atoms with Crippen LogP contribution in [0.1, 0.15) is 12.8 Å². The summed E-state index contributed by atoms with van der Waals surface area (Å²) in [5, 5.41) is 2.68. The van der Waals surface area contributed by atoms with E-state index in [1.165, 1.54) is 12.1 Å². The van der Waals surface area contributed by atoms with Gasteiger partial charge in [0.1, 0.15) is 0 Å². The Bertz CT molecular complexity index is 427. The van der Waals surface area contributed by atoms with Gasteiger partial charge >= 0.3 is 0 Å². The molecule has 1 aliphatic carbocycles. The van der Waals surface area contributed by atoms with Crippen LogP contribution in [0.2, 0.25) is 0 Å². The molecule has 4 nitrogen and oxygen atoms in total. The quantitative estimate of drug-likeness (QED) is 0.833. The molecule has 0 bridgehead atoms. The van der Waals surface area contributed by atoms with Crippen molar-refractivity contribution < 1.29 is 13.9 Å². The van der Waals surface area contributed by atoms with E-state index in [9.17, 15) is 9.18 Å². The topological polar surface area (TPSA) is 64.3 Å². The van der Waals surface area contributed by atoms with Crippen molar-refractivity contribution in [3.8, 4) is 5.75 Å². The maximum Gasteiger partial charge on any atom is 0.257 e. The van der Waals surface area contributed by atoms with Crippen LogP contribution in [0.5, 0.6) is 5.75 Å². The maximum atomic E-state index is 13.2. The second kappa shape index (κ2) is 7.31. The first kappa shape index (κ1) is 15.7. The van der Waals surface area contributed by atoms with E-state index in [4.69, 9.17) is 10.5 Å². The summed E-state index contributed by atoms with van der Waals surface area (Å²) in [6, 6.07) is 6.01. The van der Waals surface area contributed by atoms with Gasteiger partial charge in [0, 0.05) is 12.6 Å². The molecule has 1 unspecified atom stereocenters. The van der Waals surface area contributed by atoms with Crippen molar-refractivity contribution >= 4 is 18.3 Å². The molecule has 1 aromatic rings. The molecular formula is C13H18ClFN2O2. The van der Waals surface area contributed by atoms with Gasteiger partial charge in [-0.25, -0.2) is 4.39 Å². The number of ether oxygens (including phenoxy) is 1. The highest BCUT2D eigenvalue weighted by Crippen LogP contribution is 2.31. The van der Waals surface area contributed by atoms with E-state index < -0.39 is 5.82 Å². The molecule has 0 aromatic heterocycles. The Morgan fingerprint density at radius 2 is 2.16 bits per heavy atom.